The molecule has 32 heavy (non-hydrogen) atoms. The second-order valence-electron chi connectivity index (χ2n) is 10.7. The van der Waals surface area contributed by atoms with Gasteiger partial charge < -0.3 is 10.6 Å². The van der Waals surface area contributed by atoms with E-state index in [2.05, 4.69) is 31.7 Å². The summed E-state index contributed by atoms with van der Waals surface area (Å²) in [5.74, 6) is -0.823. The number of fused-ring (bicyclic) bond motifs is 1. The third-order valence-corrected chi connectivity index (χ3v) is 7.01. The third-order valence-electron chi connectivity index (χ3n) is 7.01. The van der Waals surface area contributed by atoms with E-state index in [0.29, 0.717) is 30.9 Å². The summed E-state index contributed by atoms with van der Waals surface area (Å²) in [7, 11) is 0. The first kappa shape index (κ1) is 22.8. The Balaban J connectivity index is 1.66. The van der Waals surface area contributed by atoms with Crippen molar-refractivity contribution in [2.24, 2.45) is 11.1 Å². The fraction of sp³-hybridized carbons (Fsp3) is 0.640. The molecule has 3 amide bonds. The first-order valence-electron chi connectivity index (χ1n) is 12.0. The van der Waals surface area contributed by atoms with E-state index in [0.717, 1.165) is 54.9 Å². The van der Waals surface area contributed by atoms with Gasteiger partial charge in [-0.2, -0.15) is 5.01 Å². The molecule has 1 aromatic rings. The minimum atomic E-state index is -0.283. The Labute approximate surface area is 190 Å². The number of rotatable bonds is 5. The monoisotopic (exact) mass is 440 g/mol. The molecule has 7 heteroatoms. The summed E-state index contributed by atoms with van der Waals surface area (Å²) in [6.07, 6.45) is 6.28. The van der Waals surface area contributed by atoms with Gasteiger partial charge >= 0.3 is 0 Å². The van der Waals surface area contributed by atoms with Crippen molar-refractivity contribution < 1.29 is 14.4 Å². The van der Waals surface area contributed by atoms with E-state index in [1.54, 1.807) is 0 Å². The smallest absolute Gasteiger partial charge is 0.273 e. The van der Waals surface area contributed by atoms with Crippen LogP contribution in [0, 0.1) is 5.41 Å². The Kier molecular flexibility index (Phi) is 6.30. The highest BCUT2D eigenvalue weighted by molar-refractivity contribution is 6.05. The number of carbonyl (C=O) groups excluding carboxylic acids is 3. The summed E-state index contributed by atoms with van der Waals surface area (Å²) >= 11 is 0. The van der Waals surface area contributed by atoms with Gasteiger partial charge in [-0.05, 0) is 56.1 Å². The standard InChI is InChI=1S/C25H36N4O3/c1-25(2,3)14-15-27(18-12-10-17(26)11-13-18)21-7-4-6-19-20(21)16-28(24(19)32)29-22(30)8-5-9-23(29)31/h4,6-7,17-18H,5,8-16,26H2,1-3H3. The van der Waals surface area contributed by atoms with Crippen LogP contribution in [-0.2, 0) is 16.1 Å². The average Bonchev–Trinajstić information content (AvgIpc) is 3.06. The number of piperidine rings is 1. The molecular weight excluding hydrogens is 404 g/mol. The van der Waals surface area contributed by atoms with Gasteiger partial charge in [-0.3, -0.25) is 14.4 Å². The van der Waals surface area contributed by atoms with Gasteiger partial charge in [0.15, 0.2) is 0 Å². The van der Waals surface area contributed by atoms with Gasteiger partial charge in [0.1, 0.15) is 0 Å². The number of benzene rings is 1. The highest BCUT2D eigenvalue weighted by Gasteiger charge is 2.41. The summed E-state index contributed by atoms with van der Waals surface area (Å²) in [6.45, 7) is 7.90. The van der Waals surface area contributed by atoms with E-state index in [4.69, 9.17) is 5.73 Å². The van der Waals surface area contributed by atoms with Crippen molar-refractivity contribution in [1.82, 2.24) is 10.0 Å². The second-order valence-corrected chi connectivity index (χ2v) is 10.7. The maximum atomic E-state index is 13.2. The van der Waals surface area contributed by atoms with E-state index >= 15 is 0 Å². The summed E-state index contributed by atoms with van der Waals surface area (Å²) in [5, 5.41) is 2.45. The van der Waals surface area contributed by atoms with Crippen LogP contribution in [0.5, 0.6) is 0 Å². The predicted molar refractivity (Wildman–Crippen MR) is 124 cm³/mol. The number of anilines is 1. The van der Waals surface area contributed by atoms with Crippen LogP contribution >= 0.6 is 0 Å². The van der Waals surface area contributed by atoms with E-state index < -0.39 is 0 Å². The minimum Gasteiger partial charge on any atom is -0.368 e. The van der Waals surface area contributed by atoms with Crippen LogP contribution in [0.25, 0.3) is 0 Å². The van der Waals surface area contributed by atoms with Crippen molar-refractivity contribution in [3.05, 3.63) is 29.3 Å². The highest BCUT2D eigenvalue weighted by atomic mass is 16.2. The number of carbonyl (C=O) groups is 3. The van der Waals surface area contributed by atoms with E-state index in [-0.39, 0.29) is 35.7 Å². The lowest BCUT2D eigenvalue weighted by Crippen LogP contribution is -2.52. The summed E-state index contributed by atoms with van der Waals surface area (Å²) in [6, 6.07) is 6.48. The molecule has 7 nitrogen and oxygen atoms in total. The van der Waals surface area contributed by atoms with E-state index in [1.807, 2.05) is 12.1 Å². The number of imide groups is 1. The van der Waals surface area contributed by atoms with Gasteiger partial charge in [0, 0.05) is 48.3 Å². The van der Waals surface area contributed by atoms with Crippen LogP contribution in [0.2, 0.25) is 0 Å². The molecule has 2 heterocycles. The van der Waals surface area contributed by atoms with Crippen molar-refractivity contribution in [3.63, 3.8) is 0 Å². The lowest BCUT2D eigenvalue weighted by atomic mass is 9.88. The van der Waals surface area contributed by atoms with Crippen molar-refractivity contribution in [2.45, 2.75) is 90.8 Å². The van der Waals surface area contributed by atoms with Crippen molar-refractivity contribution in [1.29, 1.82) is 0 Å². The highest BCUT2D eigenvalue weighted by Crippen LogP contribution is 2.37. The van der Waals surface area contributed by atoms with Gasteiger partial charge in [-0.15, -0.1) is 0 Å². The maximum absolute atomic E-state index is 13.2. The lowest BCUT2D eigenvalue weighted by molar-refractivity contribution is -0.163. The molecular formula is C25H36N4O3. The molecule has 3 aliphatic rings. The molecule has 4 rings (SSSR count). The molecule has 0 aromatic heterocycles. The van der Waals surface area contributed by atoms with Crippen molar-refractivity contribution >= 4 is 23.4 Å². The van der Waals surface area contributed by atoms with Crippen LogP contribution in [0.1, 0.15) is 88.1 Å². The molecule has 2 fully saturated rings. The van der Waals surface area contributed by atoms with Gasteiger partial charge in [0.05, 0.1) is 6.54 Å². The van der Waals surface area contributed by atoms with Crippen molar-refractivity contribution in [2.75, 3.05) is 11.4 Å². The molecule has 0 spiro atoms. The zero-order valence-electron chi connectivity index (χ0n) is 19.6. The Morgan fingerprint density at radius 2 is 1.69 bits per heavy atom. The molecule has 0 radical (unpaired) electrons. The Bertz CT molecular complexity index is 883. The average molecular weight is 441 g/mol. The molecule has 1 aliphatic carbocycles. The molecule has 0 atom stereocenters. The molecule has 0 unspecified atom stereocenters. The molecule has 1 aromatic carbocycles. The molecule has 2 aliphatic heterocycles. The van der Waals surface area contributed by atoms with Gasteiger partial charge in [-0.1, -0.05) is 26.8 Å². The summed E-state index contributed by atoms with van der Waals surface area (Å²) < 4.78 is 0. The van der Waals surface area contributed by atoms with Crippen molar-refractivity contribution in [3.8, 4) is 0 Å². The van der Waals surface area contributed by atoms with Gasteiger partial charge in [-0.25, -0.2) is 5.01 Å². The van der Waals surface area contributed by atoms with E-state index in [9.17, 15) is 14.4 Å². The Morgan fingerprint density at radius 3 is 2.31 bits per heavy atom. The summed E-state index contributed by atoms with van der Waals surface area (Å²) in [5.41, 5.74) is 8.94. The molecule has 174 valence electrons. The van der Waals surface area contributed by atoms with Crippen LogP contribution in [-0.4, -0.2) is 46.4 Å². The maximum Gasteiger partial charge on any atom is 0.273 e. The predicted octanol–water partition coefficient (Wildman–Crippen LogP) is 3.61. The van der Waals surface area contributed by atoms with Crippen LogP contribution in [0.15, 0.2) is 18.2 Å². The first-order chi connectivity index (χ1) is 15.2. The minimum absolute atomic E-state index is 0.190. The fourth-order valence-corrected chi connectivity index (χ4v) is 5.11. The number of hydrogen-bond acceptors (Lipinski definition) is 5. The lowest BCUT2D eigenvalue weighted by Gasteiger charge is -2.40. The number of nitrogens with zero attached hydrogens (tertiary/aromatic N) is 3. The zero-order valence-corrected chi connectivity index (χ0v) is 19.6. The molecule has 0 bridgehead atoms. The van der Waals surface area contributed by atoms with E-state index in [1.165, 1.54) is 5.01 Å². The number of hydrogen-bond donors (Lipinski definition) is 1. The molecule has 1 saturated heterocycles. The first-order valence-corrected chi connectivity index (χ1v) is 12.0. The Morgan fingerprint density at radius 1 is 1.03 bits per heavy atom. The number of hydrazine groups is 1. The van der Waals surface area contributed by atoms with Gasteiger partial charge in [0.25, 0.3) is 5.91 Å². The quantitative estimate of drug-likeness (QED) is 0.707. The molecule has 2 N–H and O–H groups in total. The van der Waals surface area contributed by atoms with Gasteiger partial charge in [0.2, 0.25) is 11.8 Å². The third kappa shape index (κ3) is 4.53. The topological polar surface area (TPSA) is 87.0 Å². The number of nitrogens with two attached hydrogens (primary N) is 1. The zero-order chi connectivity index (χ0) is 23.0. The fourth-order valence-electron chi connectivity index (χ4n) is 5.11. The SMILES string of the molecule is CC(C)(C)CCN(c1cccc2c1CN(N1C(=O)CCCC1=O)C2=O)C1CCC(N)CC1. The van der Waals surface area contributed by atoms with Crippen LogP contribution < -0.4 is 10.6 Å². The molecule has 1 saturated carbocycles. The summed E-state index contributed by atoms with van der Waals surface area (Å²) in [4.78, 5) is 40.7. The van der Waals surface area contributed by atoms with Crippen LogP contribution in [0.4, 0.5) is 5.69 Å². The normalized spacial score (nSPS) is 24.2. The Hall–Kier alpha value is -2.41. The number of amides is 3. The second kappa shape index (κ2) is 8.85. The largest absolute Gasteiger partial charge is 0.368 e. The van der Waals surface area contributed by atoms with Crippen LogP contribution in [0.3, 0.4) is 0 Å².